The molecule has 0 radical (unpaired) electrons. The molecule has 142 valence electrons. The maximum absolute atomic E-state index is 12.6. The zero-order chi connectivity index (χ0) is 18.9. The fraction of sp³-hybridized carbons (Fsp3) is 0.350. The fourth-order valence-corrected chi connectivity index (χ4v) is 5.50. The number of rotatable bonds is 4. The number of sulfone groups is 1. The lowest BCUT2D eigenvalue weighted by Crippen LogP contribution is -2.54. The summed E-state index contributed by atoms with van der Waals surface area (Å²) in [6.07, 6.45) is -0.419. The molecule has 2 aromatic carbocycles. The van der Waals surface area contributed by atoms with Crippen LogP contribution < -0.4 is 4.74 Å². The van der Waals surface area contributed by atoms with Gasteiger partial charge in [0.05, 0.1) is 30.3 Å². The van der Waals surface area contributed by atoms with Crippen LogP contribution >= 0.6 is 0 Å². The van der Waals surface area contributed by atoms with Gasteiger partial charge in [-0.3, -0.25) is 4.79 Å². The minimum absolute atomic E-state index is 0.0107. The zero-order valence-electron chi connectivity index (χ0n) is 14.8. The van der Waals surface area contributed by atoms with Crippen molar-refractivity contribution in [2.45, 2.75) is 12.1 Å². The van der Waals surface area contributed by atoms with Crippen molar-refractivity contribution in [1.29, 1.82) is 0 Å². The molecule has 2 aromatic rings. The minimum Gasteiger partial charge on any atom is -0.484 e. The van der Waals surface area contributed by atoms with Crippen molar-refractivity contribution in [2.75, 3.05) is 31.3 Å². The van der Waals surface area contributed by atoms with Crippen molar-refractivity contribution >= 4 is 15.7 Å². The smallest absolute Gasteiger partial charge is 0.260 e. The second-order valence-corrected chi connectivity index (χ2v) is 8.97. The number of carbonyl (C=O) groups is 1. The Kier molecular flexibility index (Phi) is 4.88. The van der Waals surface area contributed by atoms with Gasteiger partial charge >= 0.3 is 0 Å². The summed E-state index contributed by atoms with van der Waals surface area (Å²) < 4.78 is 34.8. The fourth-order valence-electron chi connectivity index (χ4n) is 3.63. The van der Waals surface area contributed by atoms with Gasteiger partial charge in [0.2, 0.25) is 0 Å². The van der Waals surface area contributed by atoms with E-state index in [9.17, 15) is 13.2 Å². The molecule has 0 spiro atoms. The van der Waals surface area contributed by atoms with Crippen LogP contribution in [0.1, 0.15) is 0 Å². The van der Waals surface area contributed by atoms with E-state index in [1.54, 1.807) is 4.90 Å². The third-order valence-electron chi connectivity index (χ3n) is 4.98. The SMILES string of the molecule is O=C(COc1ccc(-c2ccccc2)cc1)N1CCOC2CS(=O)(=O)CC21. The summed E-state index contributed by atoms with van der Waals surface area (Å²) >= 11 is 0. The molecule has 2 heterocycles. The molecule has 0 saturated carbocycles. The molecular weight excluding hydrogens is 366 g/mol. The Morgan fingerprint density at radius 2 is 1.74 bits per heavy atom. The summed E-state index contributed by atoms with van der Waals surface area (Å²) in [7, 11) is -3.15. The molecule has 2 atom stereocenters. The Balaban J connectivity index is 1.38. The highest BCUT2D eigenvalue weighted by Crippen LogP contribution is 2.25. The topological polar surface area (TPSA) is 72.9 Å². The highest BCUT2D eigenvalue weighted by atomic mass is 32.2. The first-order valence-corrected chi connectivity index (χ1v) is 10.7. The van der Waals surface area contributed by atoms with Gasteiger partial charge < -0.3 is 14.4 Å². The molecule has 0 aliphatic carbocycles. The van der Waals surface area contributed by atoms with E-state index in [0.717, 1.165) is 11.1 Å². The van der Waals surface area contributed by atoms with E-state index in [1.165, 1.54) is 0 Å². The van der Waals surface area contributed by atoms with Gasteiger partial charge in [0.25, 0.3) is 5.91 Å². The van der Waals surface area contributed by atoms with Gasteiger partial charge in [-0.15, -0.1) is 0 Å². The number of morpholine rings is 1. The summed E-state index contributed by atoms with van der Waals surface area (Å²) in [5, 5.41) is 0. The molecule has 0 N–H and O–H groups in total. The van der Waals surface area contributed by atoms with Gasteiger partial charge in [-0.1, -0.05) is 42.5 Å². The highest BCUT2D eigenvalue weighted by Gasteiger charge is 2.45. The predicted molar refractivity (Wildman–Crippen MR) is 101 cm³/mol. The average molecular weight is 387 g/mol. The van der Waals surface area contributed by atoms with E-state index in [4.69, 9.17) is 9.47 Å². The second kappa shape index (κ2) is 7.32. The normalized spacial score (nSPS) is 23.6. The largest absolute Gasteiger partial charge is 0.484 e. The summed E-state index contributed by atoms with van der Waals surface area (Å²) in [6.45, 7) is 0.633. The number of carbonyl (C=O) groups excluding carboxylic acids is 1. The molecule has 2 aliphatic heterocycles. The Bertz CT molecular complexity index is 911. The van der Waals surface area contributed by atoms with Gasteiger partial charge in [0, 0.05) is 6.54 Å². The first kappa shape index (κ1) is 18.0. The molecule has 2 saturated heterocycles. The Hall–Kier alpha value is -2.38. The van der Waals surface area contributed by atoms with Crippen LogP contribution in [0, 0.1) is 0 Å². The molecular formula is C20H21NO5S. The Labute approximate surface area is 158 Å². The van der Waals surface area contributed by atoms with Crippen LogP contribution in [-0.2, 0) is 19.4 Å². The molecule has 4 rings (SSSR count). The van der Waals surface area contributed by atoms with Crippen LogP contribution in [0.5, 0.6) is 5.75 Å². The summed E-state index contributed by atoms with van der Waals surface area (Å²) in [5.41, 5.74) is 2.18. The maximum Gasteiger partial charge on any atom is 0.260 e. The third kappa shape index (κ3) is 3.99. The number of benzene rings is 2. The molecule has 0 bridgehead atoms. The lowest BCUT2D eigenvalue weighted by atomic mass is 10.1. The van der Waals surface area contributed by atoms with Crippen molar-refractivity contribution in [3.8, 4) is 16.9 Å². The number of fused-ring (bicyclic) bond motifs is 1. The third-order valence-corrected chi connectivity index (χ3v) is 6.67. The van der Waals surface area contributed by atoms with Gasteiger partial charge in [0.15, 0.2) is 16.4 Å². The van der Waals surface area contributed by atoms with E-state index in [0.29, 0.717) is 18.9 Å². The van der Waals surface area contributed by atoms with Crippen molar-refractivity contribution in [2.24, 2.45) is 0 Å². The second-order valence-electron chi connectivity index (χ2n) is 6.82. The van der Waals surface area contributed by atoms with Gasteiger partial charge in [-0.2, -0.15) is 0 Å². The van der Waals surface area contributed by atoms with Crippen molar-refractivity contribution in [3.05, 3.63) is 54.6 Å². The summed E-state index contributed by atoms with van der Waals surface area (Å²) in [5.74, 6) is 0.350. The number of hydrogen-bond acceptors (Lipinski definition) is 5. The molecule has 7 heteroatoms. The molecule has 0 aromatic heterocycles. The van der Waals surface area contributed by atoms with E-state index in [-0.39, 0.29) is 24.0 Å². The van der Waals surface area contributed by atoms with E-state index >= 15 is 0 Å². The van der Waals surface area contributed by atoms with Gasteiger partial charge in [-0.25, -0.2) is 8.42 Å². The number of amides is 1. The first-order chi connectivity index (χ1) is 13.0. The zero-order valence-corrected chi connectivity index (χ0v) is 15.6. The van der Waals surface area contributed by atoms with Gasteiger partial charge in [0.1, 0.15) is 5.75 Å². The standard InChI is InChI=1S/C20H21NO5S/c22-20(21-10-11-25-19-14-27(23,24)13-18(19)21)12-26-17-8-6-16(7-9-17)15-4-2-1-3-5-15/h1-9,18-19H,10-14H2. The molecule has 27 heavy (non-hydrogen) atoms. The maximum atomic E-state index is 12.6. The minimum atomic E-state index is -3.15. The average Bonchev–Trinajstić information content (AvgIpc) is 3.01. The van der Waals surface area contributed by atoms with Crippen LogP contribution in [0.3, 0.4) is 0 Å². The molecule has 6 nitrogen and oxygen atoms in total. The van der Waals surface area contributed by atoms with Crippen LogP contribution in [0.15, 0.2) is 54.6 Å². The highest BCUT2D eigenvalue weighted by molar-refractivity contribution is 7.91. The monoisotopic (exact) mass is 387 g/mol. The van der Waals surface area contributed by atoms with Crippen LogP contribution in [-0.4, -0.2) is 62.6 Å². The van der Waals surface area contributed by atoms with Crippen LogP contribution in [0.2, 0.25) is 0 Å². The van der Waals surface area contributed by atoms with E-state index in [2.05, 4.69) is 0 Å². The molecule has 2 fully saturated rings. The Morgan fingerprint density at radius 3 is 2.48 bits per heavy atom. The van der Waals surface area contributed by atoms with Crippen molar-refractivity contribution in [3.63, 3.8) is 0 Å². The first-order valence-electron chi connectivity index (χ1n) is 8.92. The molecule has 1 amide bonds. The van der Waals surface area contributed by atoms with Crippen molar-refractivity contribution in [1.82, 2.24) is 4.90 Å². The summed E-state index contributed by atoms with van der Waals surface area (Å²) in [4.78, 5) is 14.2. The predicted octanol–water partition coefficient (Wildman–Crippen LogP) is 1.76. The van der Waals surface area contributed by atoms with Crippen LogP contribution in [0.25, 0.3) is 11.1 Å². The van der Waals surface area contributed by atoms with Crippen LogP contribution in [0.4, 0.5) is 0 Å². The van der Waals surface area contributed by atoms with Gasteiger partial charge in [-0.05, 0) is 23.3 Å². The molecule has 2 unspecified atom stereocenters. The number of hydrogen-bond donors (Lipinski definition) is 0. The van der Waals surface area contributed by atoms with E-state index < -0.39 is 22.0 Å². The van der Waals surface area contributed by atoms with Crippen molar-refractivity contribution < 1.29 is 22.7 Å². The number of ether oxygens (including phenoxy) is 2. The lowest BCUT2D eigenvalue weighted by molar-refractivity contribution is -0.144. The molecule has 2 aliphatic rings. The lowest BCUT2D eigenvalue weighted by Gasteiger charge is -2.36. The Morgan fingerprint density at radius 1 is 1.04 bits per heavy atom. The van der Waals surface area contributed by atoms with E-state index in [1.807, 2.05) is 54.6 Å². The quantitative estimate of drug-likeness (QED) is 0.799. The summed E-state index contributed by atoms with van der Waals surface area (Å²) in [6, 6.07) is 17.2. The number of nitrogens with zero attached hydrogens (tertiary/aromatic N) is 1.